The first-order valence-electron chi connectivity index (χ1n) is 8.19. The Morgan fingerprint density at radius 3 is 2.80 bits per heavy atom. The Hall–Kier alpha value is -2.72. The van der Waals surface area contributed by atoms with Crippen LogP contribution >= 0.6 is 11.6 Å². The first kappa shape index (κ1) is 15.8. The third-order valence-corrected chi connectivity index (χ3v) is 4.44. The van der Waals surface area contributed by atoms with Gasteiger partial charge in [0.1, 0.15) is 0 Å². The highest BCUT2D eigenvalue weighted by atomic mass is 35.5. The Bertz CT molecular complexity index is 980. The highest BCUT2D eigenvalue weighted by Gasteiger charge is 2.26. The number of hydrogen-bond donors (Lipinski definition) is 1. The normalized spacial score (nSPS) is 14.1. The number of fused-ring (bicyclic) bond motifs is 1. The monoisotopic (exact) mass is 349 g/mol. The molecule has 0 spiro atoms. The first-order chi connectivity index (χ1) is 12.2. The summed E-state index contributed by atoms with van der Waals surface area (Å²) >= 11 is 5.94. The molecule has 2 aromatic carbocycles. The summed E-state index contributed by atoms with van der Waals surface area (Å²) in [4.78, 5) is 17.3. The van der Waals surface area contributed by atoms with Crippen molar-refractivity contribution in [3.8, 4) is 0 Å². The average molecular weight is 350 g/mol. The zero-order valence-electron chi connectivity index (χ0n) is 13.4. The van der Waals surface area contributed by atoms with Gasteiger partial charge in [-0.15, -0.1) is 0 Å². The van der Waals surface area contributed by atoms with Crippen molar-refractivity contribution in [3.63, 3.8) is 0 Å². The standard InChI is InChI=1S/C20H16ClN3O/c21-15-5-3-4-13(10-15)12-22-24-20(25)17-11-19(14-8-9-14)23-18-7-2-1-6-16(17)18/h1-7,10-12,14H,8-9H2,(H,24,25)/b22-12-. The van der Waals surface area contributed by atoms with Crippen LogP contribution in [0.4, 0.5) is 0 Å². The van der Waals surface area contributed by atoms with Crippen molar-refractivity contribution in [3.05, 3.63) is 76.4 Å². The summed E-state index contributed by atoms with van der Waals surface area (Å²) in [5.41, 5.74) is 5.87. The lowest BCUT2D eigenvalue weighted by molar-refractivity contribution is 0.0956. The van der Waals surface area contributed by atoms with E-state index in [0.29, 0.717) is 16.5 Å². The number of amides is 1. The summed E-state index contributed by atoms with van der Waals surface area (Å²) in [5, 5.41) is 5.52. The minimum absolute atomic E-state index is 0.237. The molecule has 4 nitrogen and oxygen atoms in total. The molecule has 1 N–H and O–H groups in total. The van der Waals surface area contributed by atoms with Gasteiger partial charge in [0.2, 0.25) is 0 Å². The molecule has 124 valence electrons. The average Bonchev–Trinajstić information content (AvgIpc) is 3.46. The number of aromatic nitrogens is 1. The minimum Gasteiger partial charge on any atom is -0.267 e. The summed E-state index contributed by atoms with van der Waals surface area (Å²) < 4.78 is 0. The van der Waals surface area contributed by atoms with Crippen LogP contribution in [0.15, 0.2) is 59.7 Å². The number of halogens is 1. The predicted molar refractivity (Wildman–Crippen MR) is 100 cm³/mol. The second kappa shape index (κ2) is 6.65. The van der Waals surface area contributed by atoms with Gasteiger partial charge in [-0.2, -0.15) is 5.10 Å². The Kier molecular flexibility index (Phi) is 4.20. The Morgan fingerprint density at radius 2 is 2.00 bits per heavy atom. The summed E-state index contributed by atoms with van der Waals surface area (Å²) in [6.45, 7) is 0. The highest BCUT2D eigenvalue weighted by Crippen LogP contribution is 2.40. The van der Waals surface area contributed by atoms with Gasteiger partial charge in [0.25, 0.3) is 5.91 Å². The Labute approximate surface area is 150 Å². The number of rotatable bonds is 4. The molecule has 1 saturated carbocycles. The number of nitrogens with one attached hydrogen (secondary N) is 1. The number of carbonyl (C=O) groups excluding carboxylic acids is 1. The summed E-state index contributed by atoms with van der Waals surface area (Å²) in [5.74, 6) is 0.241. The molecule has 1 aliphatic rings. The fraction of sp³-hybridized carbons (Fsp3) is 0.150. The van der Waals surface area contributed by atoms with Crippen molar-refractivity contribution in [1.82, 2.24) is 10.4 Å². The molecule has 4 rings (SSSR count). The molecule has 0 saturated heterocycles. The van der Waals surface area contributed by atoms with Gasteiger partial charge in [-0.25, -0.2) is 5.43 Å². The number of pyridine rings is 1. The van der Waals surface area contributed by atoms with Crippen molar-refractivity contribution < 1.29 is 4.79 Å². The first-order valence-corrected chi connectivity index (χ1v) is 8.57. The molecule has 0 unspecified atom stereocenters. The lowest BCUT2D eigenvalue weighted by atomic mass is 10.1. The molecule has 0 atom stereocenters. The summed E-state index contributed by atoms with van der Waals surface area (Å²) in [6, 6.07) is 16.9. The molecule has 0 aliphatic heterocycles. The smallest absolute Gasteiger partial charge is 0.267 e. The summed E-state index contributed by atoms with van der Waals surface area (Å²) in [7, 11) is 0. The van der Waals surface area contributed by atoms with Gasteiger partial charge in [-0.1, -0.05) is 41.9 Å². The summed E-state index contributed by atoms with van der Waals surface area (Å²) in [6.07, 6.45) is 3.85. The van der Waals surface area contributed by atoms with Gasteiger partial charge < -0.3 is 0 Å². The molecular formula is C20H16ClN3O. The predicted octanol–water partition coefficient (Wildman–Crippen LogP) is 4.53. The zero-order valence-corrected chi connectivity index (χ0v) is 14.2. The van der Waals surface area contributed by atoms with Gasteiger partial charge in [-0.05, 0) is 42.7 Å². The number of benzene rings is 2. The largest absolute Gasteiger partial charge is 0.272 e. The highest BCUT2D eigenvalue weighted by molar-refractivity contribution is 6.30. The van der Waals surface area contributed by atoms with Crippen molar-refractivity contribution in [2.45, 2.75) is 18.8 Å². The van der Waals surface area contributed by atoms with Gasteiger partial charge >= 0.3 is 0 Å². The van der Waals surface area contributed by atoms with E-state index in [4.69, 9.17) is 11.6 Å². The van der Waals surface area contributed by atoms with Crippen LogP contribution in [0.5, 0.6) is 0 Å². The Morgan fingerprint density at radius 1 is 1.16 bits per heavy atom. The number of para-hydroxylation sites is 1. The van der Waals surface area contributed by atoms with Crippen LogP contribution in [0.1, 0.15) is 40.4 Å². The van der Waals surface area contributed by atoms with Gasteiger partial charge in [-0.3, -0.25) is 9.78 Å². The molecule has 1 aromatic heterocycles. The quantitative estimate of drug-likeness (QED) is 0.555. The maximum absolute atomic E-state index is 12.6. The zero-order chi connectivity index (χ0) is 17.2. The molecule has 0 radical (unpaired) electrons. The van der Waals surface area contributed by atoms with Gasteiger partial charge in [0, 0.05) is 22.0 Å². The van der Waals surface area contributed by atoms with Crippen LogP contribution < -0.4 is 5.43 Å². The van der Waals surface area contributed by atoms with E-state index >= 15 is 0 Å². The number of carbonyl (C=O) groups is 1. The topological polar surface area (TPSA) is 54.4 Å². The Balaban J connectivity index is 1.61. The lowest BCUT2D eigenvalue weighted by Gasteiger charge is -2.08. The van der Waals surface area contributed by atoms with Crippen LogP contribution in [0.2, 0.25) is 5.02 Å². The van der Waals surface area contributed by atoms with E-state index in [0.717, 1.165) is 35.0 Å². The third kappa shape index (κ3) is 3.54. The van der Waals surface area contributed by atoms with E-state index in [1.165, 1.54) is 0 Å². The van der Waals surface area contributed by atoms with Crippen LogP contribution in [0.25, 0.3) is 10.9 Å². The number of hydrazone groups is 1. The van der Waals surface area contributed by atoms with E-state index in [1.54, 1.807) is 18.3 Å². The second-order valence-corrected chi connectivity index (χ2v) is 6.58. The van der Waals surface area contributed by atoms with E-state index < -0.39 is 0 Å². The van der Waals surface area contributed by atoms with E-state index in [1.807, 2.05) is 42.5 Å². The van der Waals surface area contributed by atoms with Crippen molar-refractivity contribution >= 4 is 34.6 Å². The second-order valence-electron chi connectivity index (χ2n) is 6.14. The molecule has 25 heavy (non-hydrogen) atoms. The molecule has 5 heteroatoms. The lowest BCUT2D eigenvalue weighted by Crippen LogP contribution is -2.18. The van der Waals surface area contributed by atoms with Crippen LogP contribution in [0.3, 0.4) is 0 Å². The fourth-order valence-corrected chi connectivity index (χ4v) is 2.98. The van der Waals surface area contributed by atoms with Crippen molar-refractivity contribution in [2.75, 3.05) is 0 Å². The van der Waals surface area contributed by atoms with E-state index in [-0.39, 0.29) is 5.91 Å². The maximum atomic E-state index is 12.6. The SMILES string of the molecule is O=C(N/N=C\c1cccc(Cl)c1)c1cc(C2CC2)nc2ccccc12. The molecule has 1 heterocycles. The molecule has 3 aromatic rings. The number of nitrogens with zero attached hydrogens (tertiary/aromatic N) is 2. The molecule has 1 amide bonds. The molecule has 0 bridgehead atoms. The molecular weight excluding hydrogens is 334 g/mol. The van der Waals surface area contributed by atoms with Gasteiger partial charge in [0.05, 0.1) is 17.3 Å². The van der Waals surface area contributed by atoms with Crippen molar-refractivity contribution in [1.29, 1.82) is 0 Å². The molecule has 1 fully saturated rings. The van der Waals surface area contributed by atoms with Gasteiger partial charge in [0.15, 0.2) is 0 Å². The minimum atomic E-state index is -0.237. The van der Waals surface area contributed by atoms with E-state index in [9.17, 15) is 4.79 Å². The van der Waals surface area contributed by atoms with Crippen LogP contribution in [-0.2, 0) is 0 Å². The van der Waals surface area contributed by atoms with Crippen molar-refractivity contribution in [2.24, 2.45) is 5.10 Å². The molecule has 1 aliphatic carbocycles. The van der Waals surface area contributed by atoms with E-state index in [2.05, 4.69) is 15.5 Å². The maximum Gasteiger partial charge on any atom is 0.272 e. The number of hydrogen-bond acceptors (Lipinski definition) is 3. The van der Waals surface area contributed by atoms with Crippen LogP contribution in [0, 0.1) is 0 Å². The third-order valence-electron chi connectivity index (χ3n) is 4.20. The fourth-order valence-electron chi connectivity index (χ4n) is 2.78. The van der Waals surface area contributed by atoms with Crippen LogP contribution in [-0.4, -0.2) is 17.1 Å².